The number of H-pyrrole nitrogens is 1. The molecule has 0 fully saturated rings. The van der Waals surface area contributed by atoms with E-state index in [0.29, 0.717) is 5.92 Å². The zero-order valence-corrected chi connectivity index (χ0v) is 13.1. The minimum absolute atomic E-state index is 0. The zero-order valence-electron chi connectivity index (χ0n) is 12.3. The highest BCUT2D eigenvalue weighted by molar-refractivity contribution is 5.86. The van der Waals surface area contributed by atoms with E-state index in [9.17, 15) is 4.39 Å². The molecule has 0 spiro atoms. The monoisotopic (exact) mass is 316 g/mol. The molecule has 4 heteroatoms. The van der Waals surface area contributed by atoms with Gasteiger partial charge in [0.25, 0.3) is 0 Å². The molecule has 0 bridgehead atoms. The largest absolute Gasteiger partial charge is 0.357 e. The van der Waals surface area contributed by atoms with Crippen molar-refractivity contribution in [1.82, 2.24) is 10.3 Å². The van der Waals surface area contributed by atoms with E-state index in [1.54, 1.807) is 6.07 Å². The number of benzene rings is 2. The summed E-state index contributed by atoms with van der Waals surface area (Å²) >= 11 is 0. The second kappa shape index (κ2) is 5.75. The van der Waals surface area contributed by atoms with E-state index in [4.69, 9.17) is 0 Å². The Morgan fingerprint density at radius 3 is 2.64 bits per heavy atom. The van der Waals surface area contributed by atoms with E-state index in [2.05, 4.69) is 41.5 Å². The van der Waals surface area contributed by atoms with Crippen LogP contribution in [0.1, 0.15) is 35.7 Å². The lowest BCUT2D eigenvalue weighted by Crippen LogP contribution is -2.32. The molecule has 2 nitrogen and oxygen atoms in total. The predicted octanol–water partition coefficient (Wildman–Crippen LogP) is 4.52. The van der Waals surface area contributed by atoms with Gasteiger partial charge in [0.2, 0.25) is 0 Å². The smallest absolute Gasteiger partial charge is 0.123 e. The maximum atomic E-state index is 13.6. The van der Waals surface area contributed by atoms with Gasteiger partial charge in [-0.2, -0.15) is 0 Å². The van der Waals surface area contributed by atoms with Crippen molar-refractivity contribution in [2.75, 3.05) is 6.54 Å². The summed E-state index contributed by atoms with van der Waals surface area (Å²) < 4.78 is 13.6. The van der Waals surface area contributed by atoms with Gasteiger partial charge < -0.3 is 10.3 Å². The Morgan fingerprint density at radius 2 is 1.86 bits per heavy atom. The summed E-state index contributed by atoms with van der Waals surface area (Å²) in [6, 6.07) is 15.5. The molecule has 0 saturated heterocycles. The Labute approximate surface area is 135 Å². The summed E-state index contributed by atoms with van der Waals surface area (Å²) in [7, 11) is 0. The van der Waals surface area contributed by atoms with Crippen LogP contribution in [0.15, 0.2) is 48.5 Å². The summed E-state index contributed by atoms with van der Waals surface area (Å²) in [4.78, 5) is 3.49. The molecule has 1 aliphatic heterocycles. The fourth-order valence-electron chi connectivity index (χ4n) is 3.39. The van der Waals surface area contributed by atoms with Gasteiger partial charge in [-0.1, -0.05) is 37.3 Å². The van der Waals surface area contributed by atoms with Gasteiger partial charge in [-0.15, -0.1) is 12.4 Å². The fourth-order valence-corrected chi connectivity index (χ4v) is 3.39. The number of aromatic amines is 1. The molecule has 22 heavy (non-hydrogen) atoms. The Balaban J connectivity index is 0.00000144. The Kier molecular flexibility index (Phi) is 3.94. The van der Waals surface area contributed by atoms with Crippen molar-refractivity contribution in [3.63, 3.8) is 0 Å². The van der Waals surface area contributed by atoms with Crippen LogP contribution in [0.5, 0.6) is 0 Å². The third-order valence-electron chi connectivity index (χ3n) is 4.37. The van der Waals surface area contributed by atoms with Crippen molar-refractivity contribution < 1.29 is 4.39 Å². The third-order valence-corrected chi connectivity index (χ3v) is 4.37. The number of hydrogen-bond donors (Lipinski definition) is 2. The van der Waals surface area contributed by atoms with Crippen LogP contribution in [0.2, 0.25) is 0 Å². The van der Waals surface area contributed by atoms with Crippen LogP contribution in [0, 0.1) is 5.82 Å². The first kappa shape index (κ1) is 15.1. The molecule has 1 aromatic heterocycles. The van der Waals surface area contributed by atoms with E-state index in [1.807, 2.05) is 12.1 Å². The lowest BCUT2D eigenvalue weighted by atomic mass is 9.88. The molecule has 0 amide bonds. The van der Waals surface area contributed by atoms with Crippen molar-refractivity contribution in [2.45, 2.75) is 18.9 Å². The third kappa shape index (κ3) is 2.31. The number of halogens is 2. The fraction of sp³-hybridized carbons (Fsp3) is 0.222. The molecule has 114 valence electrons. The van der Waals surface area contributed by atoms with Crippen LogP contribution in [-0.2, 0) is 0 Å². The van der Waals surface area contributed by atoms with E-state index in [-0.39, 0.29) is 24.3 Å². The minimum atomic E-state index is -0.175. The van der Waals surface area contributed by atoms with Gasteiger partial charge in [-0.05, 0) is 35.2 Å². The highest BCUT2D eigenvalue weighted by Gasteiger charge is 2.29. The molecule has 1 aliphatic rings. The SMILES string of the molecule is CC1CNC(c2ccccc2)c2[nH]c3ccc(F)cc3c21.Cl. The first-order valence-corrected chi connectivity index (χ1v) is 7.33. The summed E-state index contributed by atoms with van der Waals surface area (Å²) in [5.74, 6) is 0.196. The summed E-state index contributed by atoms with van der Waals surface area (Å²) in [6.45, 7) is 3.08. The van der Waals surface area contributed by atoms with Crippen LogP contribution >= 0.6 is 12.4 Å². The average Bonchev–Trinajstić information content (AvgIpc) is 2.88. The summed E-state index contributed by atoms with van der Waals surface area (Å²) in [6.07, 6.45) is 0. The number of fused-ring (bicyclic) bond motifs is 3. The maximum Gasteiger partial charge on any atom is 0.123 e. The van der Waals surface area contributed by atoms with E-state index in [1.165, 1.54) is 22.9 Å². The molecule has 3 aromatic rings. The highest BCUT2D eigenvalue weighted by atomic mass is 35.5. The van der Waals surface area contributed by atoms with Gasteiger partial charge in [-0.3, -0.25) is 0 Å². The van der Waals surface area contributed by atoms with Crippen LogP contribution < -0.4 is 5.32 Å². The number of rotatable bonds is 1. The Hall–Kier alpha value is -1.84. The number of nitrogens with one attached hydrogen (secondary N) is 2. The summed E-state index contributed by atoms with van der Waals surface area (Å²) in [5.41, 5.74) is 4.66. The first-order chi connectivity index (χ1) is 10.2. The van der Waals surface area contributed by atoms with Crippen LogP contribution in [0.4, 0.5) is 4.39 Å². The van der Waals surface area contributed by atoms with E-state index < -0.39 is 0 Å². The van der Waals surface area contributed by atoms with Gasteiger partial charge >= 0.3 is 0 Å². The molecule has 4 rings (SSSR count). The molecule has 2 N–H and O–H groups in total. The van der Waals surface area contributed by atoms with Crippen molar-refractivity contribution in [1.29, 1.82) is 0 Å². The Morgan fingerprint density at radius 1 is 1.09 bits per heavy atom. The topological polar surface area (TPSA) is 27.8 Å². The molecule has 2 aromatic carbocycles. The minimum Gasteiger partial charge on any atom is -0.357 e. The molecule has 2 heterocycles. The lowest BCUT2D eigenvalue weighted by molar-refractivity contribution is 0.511. The van der Waals surface area contributed by atoms with Gasteiger partial charge in [0.15, 0.2) is 0 Å². The van der Waals surface area contributed by atoms with Crippen molar-refractivity contribution in [3.05, 3.63) is 71.2 Å². The molecule has 0 radical (unpaired) electrons. The normalized spacial score (nSPS) is 20.5. The van der Waals surface area contributed by atoms with Crippen LogP contribution in [-0.4, -0.2) is 11.5 Å². The number of hydrogen-bond acceptors (Lipinski definition) is 1. The van der Waals surface area contributed by atoms with Crippen LogP contribution in [0.3, 0.4) is 0 Å². The van der Waals surface area contributed by atoms with Gasteiger partial charge in [-0.25, -0.2) is 4.39 Å². The van der Waals surface area contributed by atoms with Gasteiger partial charge in [0, 0.05) is 23.1 Å². The Bertz CT molecular complexity index is 797. The molecule has 0 saturated carbocycles. The quantitative estimate of drug-likeness (QED) is 0.678. The lowest BCUT2D eigenvalue weighted by Gasteiger charge is -2.29. The molecule has 0 aliphatic carbocycles. The van der Waals surface area contributed by atoms with Crippen molar-refractivity contribution >= 4 is 23.3 Å². The van der Waals surface area contributed by atoms with Crippen molar-refractivity contribution in [3.8, 4) is 0 Å². The van der Waals surface area contributed by atoms with E-state index >= 15 is 0 Å². The second-order valence-corrected chi connectivity index (χ2v) is 5.80. The van der Waals surface area contributed by atoms with Gasteiger partial charge in [0.1, 0.15) is 5.82 Å². The van der Waals surface area contributed by atoms with Crippen LogP contribution in [0.25, 0.3) is 10.9 Å². The molecular formula is C18H18ClFN2. The second-order valence-electron chi connectivity index (χ2n) is 5.80. The number of aromatic nitrogens is 1. The standard InChI is InChI=1S/C18H17FN2.ClH/c1-11-10-20-17(12-5-3-2-4-6-12)18-16(11)14-9-13(19)7-8-15(14)21-18;/h2-9,11,17,20-21H,10H2,1H3;1H. The summed E-state index contributed by atoms with van der Waals surface area (Å²) in [5, 5.41) is 4.61. The maximum absolute atomic E-state index is 13.6. The average molecular weight is 317 g/mol. The van der Waals surface area contributed by atoms with Gasteiger partial charge in [0.05, 0.1) is 6.04 Å². The molecule has 2 unspecified atom stereocenters. The molecule has 2 atom stereocenters. The van der Waals surface area contributed by atoms with Crippen molar-refractivity contribution in [2.24, 2.45) is 0 Å². The highest BCUT2D eigenvalue weighted by Crippen LogP contribution is 2.38. The molecular weight excluding hydrogens is 299 g/mol. The predicted molar refractivity (Wildman–Crippen MR) is 90.2 cm³/mol. The first-order valence-electron chi connectivity index (χ1n) is 7.33. The van der Waals surface area contributed by atoms with E-state index in [0.717, 1.165) is 17.4 Å². The zero-order chi connectivity index (χ0) is 14.4.